The molecule has 0 aromatic carbocycles. The van der Waals surface area contributed by atoms with Gasteiger partial charge in [0.2, 0.25) is 0 Å². The molecule has 0 saturated carbocycles. The highest BCUT2D eigenvalue weighted by atomic mass is 16.4. The molecule has 1 aromatic heterocycles. The topological polar surface area (TPSA) is 58.4 Å². The highest BCUT2D eigenvalue weighted by Gasteiger charge is 2.09. The third-order valence-corrected chi connectivity index (χ3v) is 2.32. The lowest BCUT2D eigenvalue weighted by molar-refractivity contribution is -0.138. The minimum atomic E-state index is -0.818. The van der Waals surface area contributed by atoms with Gasteiger partial charge in [-0.3, -0.25) is 9.69 Å². The Kier molecular flexibility index (Phi) is 4.72. The number of imidazole rings is 1. The molecule has 0 saturated heterocycles. The molecule has 0 unspecified atom stereocenters. The number of hydrogen-bond acceptors (Lipinski definition) is 3. The Hall–Kier alpha value is -1.62. The van der Waals surface area contributed by atoms with Crippen LogP contribution in [0.3, 0.4) is 0 Å². The second-order valence-electron chi connectivity index (χ2n) is 3.62. The molecule has 0 aliphatic heterocycles. The Labute approximate surface area is 95.0 Å². The standard InChI is InChI=1S/C11H17N3O2/c1-3-6-14(9-11(15)16)7-4-10-12-5-8-13(10)2/h3,5,8H,1,4,6-7,9H2,2H3,(H,15,16). The Bertz CT molecular complexity index is 360. The lowest BCUT2D eigenvalue weighted by Gasteiger charge is -2.17. The molecule has 1 heterocycles. The highest BCUT2D eigenvalue weighted by molar-refractivity contribution is 5.69. The average molecular weight is 223 g/mol. The Balaban J connectivity index is 2.46. The predicted molar refractivity (Wildman–Crippen MR) is 61.2 cm³/mol. The van der Waals surface area contributed by atoms with Gasteiger partial charge in [-0.25, -0.2) is 4.98 Å². The first-order valence-corrected chi connectivity index (χ1v) is 5.14. The van der Waals surface area contributed by atoms with Gasteiger partial charge < -0.3 is 9.67 Å². The zero-order valence-corrected chi connectivity index (χ0v) is 9.46. The summed E-state index contributed by atoms with van der Waals surface area (Å²) < 4.78 is 1.94. The Morgan fingerprint density at radius 2 is 2.50 bits per heavy atom. The van der Waals surface area contributed by atoms with Crippen molar-refractivity contribution in [1.29, 1.82) is 0 Å². The minimum Gasteiger partial charge on any atom is -0.480 e. The maximum absolute atomic E-state index is 10.6. The molecule has 0 radical (unpaired) electrons. The number of aryl methyl sites for hydroxylation is 1. The second-order valence-corrected chi connectivity index (χ2v) is 3.62. The number of carboxylic acid groups (broad SMARTS) is 1. The first-order chi connectivity index (χ1) is 7.63. The molecular formula is C11H17N3O2. The van der Waals surface area contributed by atoms with Crippen LogP contribution in [0.2, 0.25) is 0 Å². The van der Waals surface area contributed by atoms with Gasteiger partial charge >= 0.3 is 5.97 Å². The van der Waals surface area contributed by atoms with Crippen molar-refractivity contribution in [2.45, 2.75) is 6.42 Å². The van der Waals surface area contributed by atoms with Crippen LogP contribution in [0.5, 0.6) is 0 Å². The molecule has 16 heavy (non-hydrogen) atoms. The molecule has 0 atom stereocenters. The number of carboxylic acids is 1. The first kappa shape index (κ1) is 12.4. The smallest absolute Gasteiger partial charge is 0.317 e. The van der Waals surface area contributed by atoms with E-state index in [1.165, 1.54) is 0 Å². The summed E-state index contributed by atoms with van der Waals surface area (Å²) in [4.78, 5) is 16.6. The number of rotatable bonds is 7. The van der Waals surface area contributed by atoms with Crippen LogP contribution in [0, 0.1) is 0 Å². The van der Waals surface area contributed by atoms with E-state index in [1.54, 1.807) is 12.3 Å². The number of aliphatic carboxylic acids is 1. The van der Waals surface area contributed by atoms with E-state index in [0.717, 1.165) is 12.2 Å². The summed E-state index contributed by atoms with van der Waals surface area (Å²) in [5, 5.41) is 8.73. The van der Waals surface area contributed by atoms with E-state index in [4.69, 9.17) is 5.11 Å². The SMILES string of the molecule is C=CCN(CCc1nccn1C)CC(=O)O. The van der Waals surface area contributed by atoms with Gasteiger partial charge in [0.15, 0.2) is 0 Å². The minimum absolute atomic E-state index is 0.0381. The number of carbonyl (C=O) groups is 1. The van der Waals surface area contributed by atoms with Gasteiger partial charge in [-0.2, -0.15) is 0 Å². The molecular weight excluding hydrogens is 206 g/mol. The van der Waals surface area contributed by atoms with Gasteiger partial charge in [-0.05, 0) is 0 Å². The van der Waals surface area contributed by atoms with Crippen molar-refractivity contribution in [2.75, 3.05) is 19.6 Å². The summed E-state index contributed by atoms with van der Waals surface area (Å²) in [7, 11) is 1.93. The van der Waals surface area contributed by atoms with E-state index in [1.807, 2.05) is 22.7 Å². The van der Waals surface area contributed by atoms with E-state index in [-0.39, 0.29) is 6.54 Å². The molecule has 5 nitrogen and oxygen atoms in total. The molecule has 0 fully saturated rings. The van der Waals surface area contributed by atoms with Crippen molar-refractivity contribution in [1.82, 2.24) is 14.5 Å². The molecule has 5 heteroatoms. The van der Waals surface area contributed by atoms with E-state index in [0.29, 0.717) is 13.1 Å². The predicted octanol–water partition coefficient (Wildman–Crippen LogP) is 0.535. The number of aromatic nitrogens is 2. The molecule has 0 spiro atoms. The lowest BCUT2D eigenvalue weighted by atomic mass is 10.3. The molecule has 0 aliphatic rings. The average Bonchev–Trinajstić information content (AvgIpc) is 2.60. The quantitative estimate of drug-likeness (QED) is 0.685. The maximum Gasteiger partial charge on any atom is 0.317 e. The van der Waals surface area contributed by atoms with Crippen LogP contribution in [0.25, 0.3) is 0 Å². The zero-order chi connectivity index (χ0) is 12.0. The van der Waals surface area contributed by atoms with E-state index < -0.39 is 5.97 Å². The van der Waals surface area contributed by atoms with Crippen molar-refractivity contribution < 1.29 is 9.90 Å². The van der Waals surface area contributed by atoms with Crippen LogP contribution in [0.15, 0.2) is 25.0 Å². The van der Waals surface area contributed by atoms with Gasteiger partial charge in [0.05, 0.1) is 6.54 Å². The molecule has 0 amide bonds. The van der Waals surface area contributed by atoms with Crippen LogP contribution in [0.1, 0.15) is 5.82 Å². The van der Waals surface area contributed by atoms with E-state index in [2.05, 4.69) is 11.6 Å². The van der Waals surface area contributed by atoms with Gasteiger partial charge in [0, 0.05) is 39.0 Å². The maximum atomic E-state index is 10.6. The molecule has 1 rings (SSSR count). The Morgan fingerprint density at radius 1 is 1.75 bits per heavy atom. The van der Waals surface area contributed by atoms with Gasteiger partial charge in [0.25, 0.3) is 0 Å². The first-order valence-electron chi connectivity index (χ1n) is 5.14. The fraction of sp³-hybridized carbons (Fsp3) is 0.455. The summed E-state index contributed by atoms with van der Waals surface area (Å²) in [6, 6.07) is 0. The summed E-state index contributed by atoms with van der Waals surface area (Å²) in [6.07, 6.45) is 6.07. The van der Waals surface area contributed by atoms with Crippen LogP contribution < -0.4 is 0 Å². The Morgan fingerprint density at radius 3 is 3.00 bits per heavy atom. The number of nitrogens with zero attached hydrogens (tertiary/aromatic N) is 3. The fourth-order valence-corrected chi connectivity index (χ4v) is 1.50. The van der Waals surface area contributed by atoms with Crippen molar-refractivity contribution in [3.8, 4) is 0 Å². The van der Waals surface area contributed by atoms with Crippen molar-refractivity contribution in [3.63, 3.8) is 0 Å². The molecule has 1 N–H and O–H groups in total. The van der Waals surface area contributed by atoms with Crippen molar-refractivity contribution in [3.05, 3.63) is 30.9 Å². The van der Waals surface area contributed by atoms with Crippen LogP contribution in [-0.2, 0) is 18.3 Å². The zero-order valence-electron chi connectivity index (χ0n) is 9.46. The molecule has 0 aliphatic carbocycles. The van der Waals surface area contributed by atoms with Crippen LogP contribution in [-0.4, -0.2) is 45.2 Å². The third-order valence-electron chi connectivity index (χ3n) is 2.32. The summed E-state index contributed by atoms with van der Waals surface area (Å²) in [6.45, 7) is 4.90. The molecule has 1 aromatic rings. The number of hydrogen-bond donors (Lipinski definition) is 1. The normalized spacial score (nSPS) is 10.6. The molecule has 88 valence electrons. The second kappa shape index (κ2) is 6.07. The highest BCUT2D eigenvalue weighted by Crippen LogP contribution is 1.98. The van der Waals surface area contributed by atoms with Gasteiger partial charge in [-0.1, -0.05) is 6.08 Å². The molecule has 0 bridgehead atoms. The van der Waals surface area contributed by atoms with Crippen molar-refractivity contribution in [2.24, 2.45) is 7.05 Å². The largest absolute Gasteiger partial charge is 0.480 e. The lowest BCUT2D eigenvalue weighted by Crippen LogP contribution is -2.32. The van der Waals surface area contributed by atoms with E-state index in [9.17, 15) is 4.79 Å². The van der Waals surface area contributed by atoms with Crippen LogP contribution in [0.4, 0.5) is 0 Å². The summed E-state index contributed by atoms with van der Waals surface area (Å²) >= 11 is 0. The van der Waals surface area contributed by atoms with Crippen molar-refractivity contribution >= 4 is 5.97 Å². The fourth-order valence-electron chi connectivity index (χ4n) is 1.50. The summed E-state index contributed by atoms with van der Waals surface area (Å²) in [5.74, 6) is 0.140. The van der Waals surface area contributed by atoms with E-state index >= 15 is 0 Å². The third kappa shape index (κ3) is 3.86. The van der Waals surface area contributed by atoms with Crippen LogP contribution >= 0.6 is 0 Å². The summed E-state index contributed by atoms with van der Waals surface area (Å²) in [5.41, 5.74) is 0. The van der Waals surface area contributed by atoms with Gasteiger partial charge in [-0.15, -0.1) is 6.58 Å². The van der Waals surface area contributed by atoms with Gasteiger partial charge in [0.1, 0.15) is 5.82 Å². The monoisotopic (exact) mass is 223 g/mol.